The van der Waals surface area contributed by atoms with Crippen LogP contribution in [0.2, 0.25) is 0 Å². The van der Waals surface area contributed by atoms with Crippen molar-refractivity contribution in [2.45, 2.75) is 57.5 Å². The lowest BCUT2D eigenvalue weighted by Gasteiger charge is -2.32. The lowest BCUT2D eigenvalue weighted by atomic mass is 9.79. The average molecular weight is 205 g/mol. The molecule has 7 atom stereocenters. The Bertz CT molecular complexity index is 275. The average Bonchev–Trinajstić information content (AvgIpc) is 2.67. The summed E-state index contributed by atoms with van der Waals surface area (Å²) in [5.41, 5.74) is 0. The lowest BCUT2D eigenvalue weighted by molar-refractivity contribution is 0.206. The number of hydrogen-bond acceptors (Lipinski definition) is 1. The second-order valence-corrected chi connectivity index (χ2v) is 6.75. The van der Waals surface area contributed by atoms with Gasteiger partial charge >= 0.3 is 0 Å². The molecule has 4 aliphatic rings. The van der Waals surface area contributed by atoms with E-state index in [9.17, 15) is 0 Å². The maximum atomic E-state index is 3.95. The zero-order valence-corrected chi connectivity index (χ0v) is 9.78. The van der Waals surface area contributed by atoms with Gasteiger partial charge in [-0.15, -0.1) is 0 Å². The van der Waals surface area contributed by atoms with Gasteiger partial charge in [0, 0.05) is 12.1 Å². The Morgan fingerprint density at radius 1 is 0.867 bits per heavy atom. The number of fused-ring (bicyclic) bond motifs is 5. The van der Waals surface area contributed by atoms with Crippen LogP contribution in [-0.4, -0.2) is 12.1 Å². The Morgan fingerprint density at radius 2 is 1.67 bits per heavy atom. The molecule has 0 aromatic rings. The largest absolute Gasteiger partial charge is 0.311 e. The van der Waals surface area contributed by atoms with Gasteiger partial charge in [0.15, 0.2) is 0 Å². The van der Waals surface area contributed by atoms with Gasteiger partial charge in [0.2, 0.25) is 0 Å². The molecule has 0 aromatic carbocycles. The first kappa shape index (κ1) is 9.04. The molecule has 0 amide bonds. The molecule has 1 N–H and O–H groups in total. The van der Waals surface area contributed by atoms with Crippen molar-refractivity contribution in [3.63, 3.8) is 0 Å². The third-order valence-electron chi connectivity index (χ3n) is 5.97. The first-order valence-electron chi connectivity index (χ1n) is 7.09. The normalized spacial score (nSPS) is 61.0. The summed E-state index contributed by atoms with van der Waals surface area (Å²) < 4.78 is 0. The molecule has 84 valence electrons. The molecular weight excluding hydrogens is 182 g/mol. The quantitative estimate of drug-likeness (QED) is 0.731. The topological polar surface area (TPSA) is 12.0 Å². The van der Waals surface area contributed by atoms with Crippen LogP contribution in [0.1, 0.15) is 45.4 Å². The zero-order valence-electron chi connectivity index (χ0n) is 9.78. The van der Waals surface area contributed by atoms with Crippen molar-refractivity contribution in [1.29, 1.82) is 0 Å². The van der Waals surface area contributed by atoms with Crippen LogP contribution >= 0.6 is 0 Å². The molecule has 0 aliphatic heterocycles. The van der Waals surface area contributed by atoms with Gasteiger partial charge < -0.3 is 5.32 Å². The molecule has 15 heavy (non-hydrogen) atoms. The molecule has 0 radical (unpaired) electrons. The monoisotopic (exact) mass is 205 g/mol. The highest BCUT2D eigenvalue weighted by molar-refractivity contribution is 5.07. The molecule has 4 aliphatic carbocycles. The predicted molar refractivity (Wildman–Crippen MR) is 61.5 cm³/mol. The van der Waals surface area contributed by atoms with Crippen LogP contribution in [0.3, 0.4) is 0 Å². The molecule has 0 saturated heterocycles. The summed E-state index contributed by atoms with van der Waals surface area (Å²) in [7, 11) is 0. The third-order valence-corrected chi connectivity index (χ3v) is 5.97. The van der Waals surface area contributed by atoms with Crippen LogP contribution in [0.25, 0.3) is 0 Å². The lowest BCUT2D eigenvalue weighted by Crippen LogP contribution is -2.40. The fraction of sp³-hybridized carbons (Fsp3) is 1.00. The van der Waals surface area contributed by atoms with E-state index in [0.717, 1.165) is 41.7 Å². The van der Waals surface area contributed by atoms with Crippen LogP contribution in [-0.2, 0) is 0 Å². The molecule has 2 bridgehead atoms. The molecule has 1 nitrogen and oxygen atoms in total. The fourth-order valence-electron chi connectivity index (χ4n) is 5.09. The standard InChI is InChI=1S/C14H23N/c1-8-5-13(8)15-14-7-9-6-12(14)11-4-2-3-10(9)11/h8-15H,2-7H2,1H3. The maximum Gasteiger partial charge on any atom is 0.0104 e. The Kier molecular flexibility index (Phi) is 1.81. The van der Waals surface area contributed by atoms with E-state index in [-0.39, 0.29) is 0 Å². The van der Waals surface area contributed by atoms with E-state index >= 15 is 0 Å². The highest BCUT2D eigenvalue weighted by atomic mass is 15.0. The Labute approximate surface area is 93.0 Å². The van der Waals surface area contributed by atoms with Gasteiger partial charge in [-0.25, -0.2) is 0 Å². The van der Waals surface area contributed by atoms with Gasteiger partial charge in [-0.05, 0) is 61.7 Å². The second-order valence-electron chi connectivity index (χ2n) is 6.75. The highest BCUT2D eigenvalue weighted by Gasteiger charge is 2.54. The van der Waals surface area contributed by atoms with Crippen LogP contribution in [0, 0.1) is 29.6 Å². The Balaban J connectivity index is 1.47. The number of rotatable bonds is 2. The molecule has 0 heterocycles. The van der Waals surface area contributed by atoms with E-state index in [1.165, 1.54) is 19.3 Å². The minimum atomic E-state index is 0.897. The second kappa shape index (κ2) is 3.00. The predicted octanol–water partition coefficient (Wildman–Crippen LogP) is 2.81. The summed E-state index contributed by atoms with van der Waals surface area (Å²) in [4.78, 5) is 0. The fourth-order valence-corrected chi connectivity index (χ4v) is 5.09. The van der Waals surface area contributed by atoms with Crippen molar-refractivity contribution < 1.29 is 0 Å². The van der Waals surface area contributed by atoms with Crippen LogP contribution in [0.4, 0.5) is 0 Å². The number of nitrogens with one attached hydrogen (secondary N) is 1. The SMILES string of the molecule is CC1CC1NC1CC2CC1C1CCCC21. The summed E-state index contributed by atoms with van der Waals surface area (Å²) >= 11 is 0. The summed E-state index contributed by atoms with van der Waals surface area (Å²) in [5.74, 6) is 5.47. The minimum Gasteiger partial charge on any atom is -0.311 e. The van der Waals surface area contributed by atoms with E-state index in [2.05, 4.69) is 12.2 Å². The van der Waals surface area contributed by atoms with Crippen molar-refractivity contribution in [3.05, 3.63) is 0 Å². The van der Waals surface area contributed by atoms with Crippen LogP contribution in [0.15, 0.2) is 0 Å². The molecular formula is C14H23N. The summed E-state index contributed by atoms with van der Waals surface area (Å²) in [5, 5.41) is 3.95. The summed E-state index contributed by atoms with van der Waals surface area (Å²) in [6.45, 7) is 2.39. The van der Waals surface area contributed by atoms with E-state index in [4.69, 9.17) is 0 Å². The molecule has 4 rings (SSSR count). The van der Waals surface area contributed by atoms with Crippen molar-refractivity contribution in [2.75, 3.05) is 0 Å². The van der Waals surface area contributed by atoms with E-state index in [1.54, 1.807) is 19.3 Å². The molecule has 1 heteroatoms. The first-order chi connectivity index (χ1) is 7.33. The molecule has 0 spiro atoms. The highest BCUT2D eigenvalue weighted by Crippen LogP contribution is 2.59. The van der Waals surface area contributed by atoms with Crippen molar-refractivity contribution >= 4 is 0 Å². The Morgan fingerprint density at radius 3 is 2.47 bits per heavy atom. The third kappa shape index (κ3) is 1.25. The van der Waals surface area contributed by atoms with E-state index < -0.39 is 0 Å². The van der Waals surface area contributed by atoms with Crippen LogP contribution in [0.5, 0.6) is 0 Å². The molecule has 4 saturated carbocycles. The van der Waals surface area contributed by atoms with Crippen molar-refractivity contribution in [1.82, 2.24) is 5.32 Å². The minimum absolute atomic E-state index is 0.897. The van der Waals surface area contributed by atoms with Gasteiger partial charge in [-0.2, -0.15) is 0 Å². The van der Waals surface area contributed by atoms with Gasteiger partial charge in [0.05, 0.1) is 0 Å². The molecule has 4 fully saturated rings. The number of hydrogen-bond donors (Lipinski definition) is 1. The van der Waals surface area contributed by atoms with Gasteiger partial charge in [-0.3, -0.25) is 0 Å². The first-order valence-corrected chi connectivity index (χ1v) is 7.09. The zero-order chi connectivity index (χ0) is 9.99. The van der Waals surface area contributed by atoms with Gasteiger partial charge in [0.1, 0.15) is 0 Å². The van der Waals surface area contributed by atoms with E-state index in [1.807, 2.05) is 0 Å². The van der Waals surface area contributed by atoms with Crippen molar-refractivity contribution in [3.8, 4) is 0 Å². The molecule has 0 aromatic heterocycles. The summed E-state index contributed by atoms with van der Waals surface area (Å²) in [6.07, 6.45) is 9.21. The van der Waals surface area contributed by atoms with E-state index in [0.29, 0.717) is 0 Å². The van der Waals surface area contributed by atoms with Crippen LogP contribution < -0.4 is 5.32 Å². The summed E-state index contributed by atoms with van der Waals surface area (Å²) in [6, 6.07) is 1.82. The maximum absolute atomic E-state index is 3.95. The molecule has 7 unspecified atom stereocenters. The smallest absolute Gasteiger partial charge is 0.0104 e. The van der Waals surface area contributed by atoms with Gasteiger partial charge in [0.25, 0.3) is 0 Å². The Hall–Kier alpha value is -0.0400. The van der Waals surface area contributed by atoms with Crippen molar-refractivity contribution in [2.24, 2.45) is 29.6 Å². The van der Waals surface area contributed by atoms with Gasteiger partial charge in [-0.1, -0.05) is 13.3 Å².